The fourth-order valence-corrected chi connectivity index (χ4v) is 2.07. The monoisotopic (exact) mass is 254 g/mol. The zero-order valence-electron chi connectivity index (χ0n) is 8.66. The predicted octanol–water partition coefficient (Wildman–Crippen LogP) is 3.29. The minimum absolute atomic E-state index is 0.562. The standard InChI is InChI=1S/C12H12Cl2N2/c13-10-4-1-5-11(12(10)14)16-8-2-3-9(16)6-7-15/h1-5,8H,6-7,15H2. The lowest BCUT2D eigenvalue weighted by Gasteiger charge is -2.11. The Morgan fingerprint density at radius 1 is 1.12 bits per heavy atom. The molecule has 0 aliphatic heterocycles. The van der Waals surface area contributed by atoms with Crippen molar-refractivity contribution in [1.29, 1.82) is 0 Å². The van der Waals surface area contributed by atoms with Gasteiger partial charge >= 0.3 is 0 Å². The number of benzene rings is 1. The molecule has 0 atom stereocenters. The Morgan fingerprint density at radius 3 is 2.69 bits per heavy atom. The highest BCUT2D eigenvalue weighted by Crippen LogP contribution is 2.29. The average molecular weight is 255 g/mol. The summed E-state index contributed by atoms with van der Waals surface area (Å²) in [6.07, 6.45) is 2.78. The van der Waals surface area contributed by atoms with Crippen molar-refractivity contribution in [2.45, 2.75) is 6.42 Å². The summed E-state index contributed by atoms with van der Waals surface area (Å²) in [7, 11) is 0. The van der Waals surface area contributed by atoms with Crippen LogP contribution in [0.25, 0.3) is 5.69 Å². The first kappa shape index (κ1) is 11.5. The fraction of sp³-hybridized carbons (Fsp3) is 0.167. The van der Waals surface area contributed by atoms with Crippen molar-refractivity contribution in [2.24, 2.45) is 5.73 Å². The molecule has 16 heavy (non-hydrogen) atoms. The van der Waals surface area contributed by atoms with E-state index in [4.69, 9.17) is 28.9 Å². The Balaban J connectivity index is 2.50. The molecular weight excluding hydrogens is 243 g/mol. The summed E-state index contributed by atoms with van der Waals surface area (Å²) >= 11 is 12.2. The molecule has 2 rings (SSSR count). The van der Waals surface area contributed by atoms with Crippen LogP contribution in [0.15, 0.2) is 36.5 Å². The van der Waals surface area contributed by atoms with Crippen LogP contribution in [-0.4, -0.2) is 11.1 Å². The summed E-state index contributed by atoms with van der Waals surface area (Å²) in [5.74, 6) is 0. The molecule has 1 aromatic heterocycles. The van der Waals surface area contributed by atoms with Crippen molar-refractivity contribution < 1.29 is 0 Å². The summed E-state index contributed by atoms with van der Waals surface area (Å²) in [5, 5.41) is 1.13. The third kappa shape index (κ3) is 2.09. The molecule has 0 unspecified atom stereocenters. The van der Waals surface area contributed by atoms with E-state index in [1.807, 2.05) is 35.0 Å². The van der Waals surface area contributed by atoms with Gasteiger partial charge in [0.1, 0.15) is 0 Å². The van der Waals surface area contributed by atoms with E-state index >= 15 is 0 Å². The van der Waals surface area contributed by atoms with E-state index in [1.165, 1.54) is 0 Å². The Labute approximate surface area is 105 Å². The van der Waals surface area contributed by atoms with Gasteiger partial charge in [0.15, 0.2) is 0 Å². The molecule has 0 radical (unpaired) electrons. The molecule has 0 amide bonds. The van der Waals surface area contributed by atoms with Crippen LogP contribution in [0.1, 0.15) is 5.69 Å². The van der Waals surface area contributed by atoms with Gasteiger partial charge in [0.25, 0.3) is 0 Å². The van der Waals surface area contributed by atoms with E-state index in [9.17, 15) is 0 Å². The van der Waals surface area contributed by atoms with Crippen LogP contribution >= 0.6 is 23.2 Å². The van der Waals surface area contributed by atoms with Gasteiger partial charge in [0.05, 0.1) is 15.7 Å². The molecule has 0 bridgehead atoms. The van der Waals surface area contributed by atoms with Gasteiger partial charge in [-0.05, 0) is 30.8 Å². The summed E-state index contributed by atoms with van der Waals surface area (Å²) in [6, 6.07) is 9.61. The van der Waals surface area contributed by atoms with E-state index < -0.39 is 0 Å². The van der Waals surface area contributed by atoms with Crippen LogP contribution < -0.4 is 5.73 Å². The maximum atomic E-state index is 6.17. The number of aromatic nitrogens is 1. The molecule has 84 valence electrons. The maximum absolute atomic E-state index is 6.17. The molecule has 2 N–H and O–H groups in total. The van der Waals surface area contributed by atoms with Crippen molar-refractivity contribution in [3.05, 3.63) is 52.3 Å². The predicted molar refractivity (Wildman–Crippen MR) is 68.5 cm³/mol. The van der Waals surface area contributed by atoms with Crippen molar-refractivity contribution in [2.75, 3.05) is 6.54 Å². The first-order valence-electron chi connectivity index (χ1n) is 5.04. The maximum Gasteiger partial charge on any atom is 0.0832 e. The van der Waals surface area contributed by atoms with Gasteiger partial charge in [-0.25, -0.2) is 0 Å². The van der Waals surface area contributed by atoms with Crippen LogP contribution in [-0.2, 0) is 6.42 Å². The van der Waals surface area contributed by atoms with E-state index in [0.717, 1.165) is 17.8 Å². The average Bonchev–Trinajstić information content (AvgIpc) is 2.71. The molecule has 2 aromatic rings. The molecule has 0 spiro atoms. The van der Waals surface area contributed by atoms with Gasteiger partial charge in [-0.1, -0.05) is 29.3 Å². The van der Waals surface area contributed by atoms with E-state index in [-0.39, 0.29) is 0 Å². The molecule has 0 fully saturated rings. The molecule has 4 heteroatoms. The largest absolute Gasteiger partial charge is 0.330 e. The molecular formula is C12H12Cl2N2. The third-order valence-electron chi connectivity index (χ3n) is 2.42. The van der Waals surface area contributed by atoms with Gasteiger partial charge in [-0.3, -0.25) is 0 Å². The topological polar surface area (TPSA) is 30.9 Å². The molecule has 2 nitrogen and oxygen atoms in total. The molecule has 0 aliphatic rings. The van der Waals surface area contributed by atoms with Crippen molar-refractivity contribution in [3.63, 3.8) is 0 Å². The minimum Gasteiger partial charge on any atom is -0.330 e. The van der Waals surface area contributed by atoms with Crippen LogP contribution in [0.4, 0.5) is 0 Å². The van der Waals surface area contributed by atoms with Crippen LogP contribution in [0.2, 0.25) is 10.0 Å². The number of nitrogens with zero attached hydrogens (tertiary/aromatic N) is 1. The van der Waals surface area contributed by atoms with Gasteiger partial charge in [-0.2, -0.15) is 0 Å². The lowest BCUT2D eigenvalue weighted by Crippen LogP contribution is -2.07. The normalized spacial score (nSPS) is 10.7. The highest BCUT2D eigenvalue weighted by atomic mass is 35.5. The van der Waals surface area contributed by atoms with Crippen molar-refractivity contribution >= 4 is 23.2 Å². The minimum atomic E-state index is 0.562. The number of halogens is 2. The lowest BCUT2D eigenvalue weighted by atomic mass is 10.2. The van der Waals surface area contributed by atoms with E-state index in [0.29, 0.717) is 16.6 Å². The molecule has 1 heterocycles. The Hall–Kier alpha value is -0.960. The van der Waals surface area contributed by atoms with Crippen molar-refractivity contribution in [1.82, 2.24) is 4.57 Å². The van der Waals surface area contributed by atoms with Gasteiger partial charge in [0, 0.05) is 18.3 Å². The van der Waals surface area contributed by atoms with E-state index in [1.54, 1.807) is 6.07 Å². The second-order valence-electron chi connectivity index (χ2n) is 3.48. The second kappa shape index (κ2) is 4.91. The first-order valence-corrected chi connectivity index (χ1v) is 5.80. The first-order chi connectivity index (χ1) is 7.74. The molecule has 0 saturated heterocycles. The van der Waals surface area contributed by atoms with Crippen LogP contribution in [0, 0.1) is 0 Å². The number of nitrogens with two attached hydrogens (primary N) is 1. The second-order valence-corrected chi connectivity index (χ2v) is 4.27. The highest BCUT2D eigenvalue weighted by Gasteiger charge is 2.08. The van der Waals surface area contributed by atoms with Crippen LogP contribution in [0.5, 0.6) is 0 Å². The Bertz CT molecular complexity index is 492. The van der Waals surface area contributed by atoms with Crippen LogP contribution in [0.3, 0.4) is 0 Å². The summed E-state index contributed by atoms with van der Waals surface area (Å²) < 4.78 is 2.01. The smallest absolute Gasteiger partial charge is 0.0832 e. The summed E-state index contributed by atoms with van der Waals surface area (Å²) in [4.78, 5) is 0. The quantitative estimate of drug-likeness (QED) is 0.896. The highest BCUT2D eigenvalue weighted by molar-refractivity contribution is 6.43. The number of hydrogen-bond acceptors (Lipinski definition) is 1. The summed E-state index contributed by atoms with van der Waals surface area (Å²) in [6.45, 7) is 0.613. The zero-order chi connectivity index (χ0) is 11.5. The molecule has 1 aromatic carbocycles. The number of rotatable bonds is 3. The Morgan fingerprint density at radius 2 is 1.94 bits per heavy atom. The van der Waals surface area contributed by atoms with Gasteiger partial charge in [-0.15, -0.1) is 0 Å². The third-order valence-corrected chi connectivity index (χ3v) is 3.23. The van der Waals surface area contributed by atoms with Crippen molar-refractivity contribution in [3.8, 4) is 5.69 Å². The molecule has 0 saturated carbocycles. The molecule has 0 aliphatic carbocycles. The SMILES string of the molecule is NCCc1cccn1-c1cccc(Cl)c1Cl. The zero-order valence-corrected chi connectivity index (χ0v) is 10.2. The fourth-order valence-electron chi connectivity index (χ4n) is 1.68. The number of hydrogen-bond donors (Lipinski definition) is 1. The Kier molecular flexibility index (Phi) is 3.54. The van der Waals surface area contributed by atoms with Gasteiger partial charge < -0.3 is 10.3 Å². The van der Waals surface area contributed by atoms with E-state index in [2.05, 4.69) is 0 Å². The lowest BCUT2D eigenvalue weighted by molar-refractivity contribution is 0.874. The van der Waals surface area contributed by atoms with Gasteiger partial charge in [0.2, 0.25) is 0 Å². The summed E-state index contributed by atoms with van der Waals surface area (Å²) in [5.41, 5.74) is 7.58.